The number of benzene rings is 1. The van der Waals surface area contributed by atoms with Crippen LogP contribution in [0.2, 0.25) is 5.02 Å². The van der Waals surface area contributed by atoms with Gasteiger partial charge in [-0.1, -0.05) is 29.8 Å². The fourth-order valence-electron chi connectivity index (χ4n) is 2.06. The van der Waals surface area contributed by atoms with Crippen LogP contribution >= 0.6 is 11.6 Å². The Labute approximate surface area is 115 Å². The molecular weight excluding hydrogens is 262 g/mol. The molecule has 3 aromatic rings. The highest BCUT2D eigenvalue weighted by atomic mass is 35.5. The van der Waals surface area contributed by atoms with Gasteiger partial charge in [0.1, 0.15) is 5.69 Å². The average molecular weight is 274 g/mol. The number of halogens is 1. The van der Waals surface area contributed by atoms with Gasteiger partial charge in [-0.15, -0.1) is 0 Å². The first-order valence-electron chi connectivity index (χ1n) is 5.75. The number of hydrogen-bond donors (Lipinski definition) is 2. The van der Waals surface area contributed by atoms with E-state index in [1.54, 1.807) is 6.20 Å². The summed E-state index contributed by atoms with van der Waals surface area (Å²) in [5.74, 6) is 1.17. The molecule has 0 saturated carbocycles. The predicted molar refractivity (Wildman–Crippen MR) is 75.6 cm³/mol. The first-order chi connectivity index (χ1) is 9.18. The second kappa shape index (κ2) is 4.44. The van der Waals surface area contributed by atoms with Crippen molar-refractivity contribution < 1.29 is 0 Å². The molecule has 96 valence electrons. The molecule has 0 radical (unpaired) electrons. The molecule has 0 unspecified atom stereocenters. The molecule has 0 bridgehead atoms. The number of aromatic amines is 1. The van der Waals surface area contributed by atoms with Gasteiger partial charge in [0.25, 0.3) is 0 Å². The number of hydrogen-bond acceptors (Lipinski definition) is 3. The molecule has 3 rings (SSSR count). The molecule has 0 aliphatic carbocycles. The summed E-state index contributed by atoms with van der Waals surface area (Å²) in [4.78, 5) is 4.31. The fourth-order valence-corrected chi connectivity index (χ4v) is 2.29. The van der Waals surface area contributed by atoms with E-state index in [2.05, 4.69) is 15.2 Å². The van der Waals surface area contributed by atoms with Crippen molar-refractivity contribution in [1.82, 2.24) is 19.7 Å². The van der Waals surface area contributed by atoms with Crippen molar-refractivity contribution >= 4 is 17.4 Å². The second-order valence-corrected chi connectivity index (χ2v) is 4.61. The Balaban J connectivity index is 2.26. The van der Waals surface area contributed by atoms with E-state index in [4.69, 9.17) is 17.3 Å². The Morgan fingerprint density at radius 2 is 2.11 bits per heavy atom. The van der Waals surface area contributed by atoms with Crippen LogP contribution in [0.3, 0.4) is 0 Å². The Bertz CT molecular complexity index is 728. The van der Waals surface area contributed by atoms with E-state index in [-0.39, 0.29) is 0 Å². The summed E-state index contributed by atoms with van der Waals surface area (Å²) in [6.45, 7) is 0. The van der Waals surface area contributed by atoms with Gasteiger partial charge in [-0.2, -0.15) is 5.10 Å². The summed E-state index contributed by atoms with van der Waals surface area (Å²) in [6, 6.07) is 7.53. The molecule has 2 heterocycles. The maximum Gasteiger partial charge on any atom is 0.158 e. The van der Waals surface area contributed by atoms with Crippen LogP contribution < -0.4 is 5.73 Å². The number of aryl methyl sites for hydroxylation is 1. The Hall–Kier alpha value is -2.27. The summed E-state index contributed by atoms with van der Waals surface area (Å²) in [7, 11) is 1.91. The third-order valence-electron chi connectivity index (χ3n) is 2.98. The smallest absolute Gasteiger partial charge is 0.158 e. The van der Waals surface area contributed by atoms with E-state index < -0.39 is 0 Å². The number of nitrogen functional groups attached to an aromatic ring is 1. The van der Waals surface area contributed by atoms with Crippen LogP contribution in [0.1, 0.15) is 0 Å². The van der Waals surface area contributed by atoms with Crippen molar-refractivity contribution in [2.24, 2.45) is 7.05 Å². The number of aromatic nitrogens is 4. The molecule has 2 aromatic heterocycles. The zero-order chi connectivity index (χ0) is 13.4. The van der Waals surface area contributed by atoms with E-state index in [9.17, 15) is 0 Å². The molecule has 0 fully saturated rings. The monoisotopic (exact) mass is 273 g/mol. The van der Waals surface area contributed by atoms with Gasteiger partial charge in [0.15, 0.2) is 11.6 Å². The van der Waals surface area contributed by atoms with Gasteiger partial charge in [-0.25, -0.2) is 4.98 Å². The Morgan fingerprint density at radius 1 is 1.32 bits per heavy atom. The average Bonchev–Trinajstić information content (AvgIpc) is 2.96. The third kappa shape index (κ3) is 1.88. The van der Waals surface area contributed by atoms with Gasteiger partial charge in [-0.3, -0.25) is 5.10 Å². The number of rotatable bonds is 2. The molecule has 5 nitrogen and oxygen atoms in total. The zero-order valence-corrected chi connectivity index (χ0v) is 11.0. The van der Waals surface area contributed by atoms with E-state index in [1.807, 2.05) is 42.1 Å². The highest BCUT2D eigenvalue weighted by Gasteiger charge is 2.19. The number of nitrogens with zero attached hydrogens (tertiary/aromatic N) is 3. The van der Waals surface area contributed by atoms with Gasteiger partial charge in [0, 0.05) is 30.0 Å². The van der Waals surface area contributed by atoms with Crippen LogP contribution in [0.25, 0.3) is 22.6 Å². The van der Waals surface area contributed by atoms with Crippen molar-refractivity contribution in [1.29, 1.82) is 0 Å². The molecule has 1 aromatic carbocycles. The first kappa shape index (κ1) is 11.8. The SMILES string of the molecule is Cn1ccnc1-c1[nH]nc(N)c1-c1ccccc1Cl. The summed E-state index contributed by atoms with van der Waals surface area (Å²) in [6.07, 6.45) is 3.59. The second-order valence-electron chi connectivity index (χ2n) is 4.20. The van der Waals surface area contributed by atoms with Crippen molar-refractivity contribution in [2.45, 2.75) is 0 Å². The summed E-state index contributed by atoms with van der Waals surface area (Å²) in [5.41, 5.74) is 8.34. The Morgan fingerprint density at radius 3 is 2.79 bits per heavy atom. The molecule has 3 N–H and O–H groups in total. The van der Waals surface area contributed by atoms with Gasteiger partial charge in [-0.05, 0) is 6.07 Å². The number of nitrogens with one attached hydrogen (secondary N) is 1. The van der Waals surface area contributed by atoms with Gasteiger partial charge >= 0.3 is 0 Å². The molecule has 0 aliphatic heterocycles. The molecule has 0 aliphatic rings. The minimum atomic E-state index is 0.408. The molecular formula is C13H12ClN5. The molecule has 6 heteroatoms. The van der Waals surface area contributed by atoms with Crippen molar-refractivity contribution in [3.8, 4) is 22.6 Å². The van der Waals surface area contributed by atoms with E-state index in [0.717, 1.165) is 22.6 Å². The molecule has 0 saturated heterocycles. The molecule has 0 amide bonds. The van der Waals surface area contributed by atoms with Gasteiger partial charge in [0.2, 0.25) is 0 Å². The number of nitrogens with two attached hydrogens (primary N) is 1. The normalized spacial score (nSPS) is 10.8. The maximum atomic E-state index is 6.24. The van der Waals surface area contributed by atoms with Gasteiger partial charge in [0.05, 0.1) is 5.56 Å². The van der Waals surface area contributed by atoms with E-state index >= 15 is 0 Å². The van der Waals surface area contributed by atoms with Crippen molar-refractivity contribution in [2.75, 3.05) is 5.73 Å². The quantitative estimate of drug-likeness (QED) is 0.754. The van der Waals surface area contributed by atoms with Crippen molar-refractivity contribution in [3.05, 3.63) is 41.7 Å². The highest BCUT2D eigenvalue weighted by molar-refractivity contribution is 6.33. The minimum absolute atomic E-state index is 0.408. The van der Waals surface area contributed by atoms with Gasteiger partial charge < -0.3 is 10.3 Å². The lowest BCUT2D eigenvalue weighted by atomic mass is 10.0. The standard InChI is InChI=1S/C13H12ClN5/c1-19-7-6-16-13(19)11-10(12(15)18-17-11)8-4-2-3-5-9(8)14/h2-7H,1H3,(H3,15,17,18). The maximum absolute atomic E-state index is 6.24. The summed E-state index contributed by atoms with van der Waals surface area (Å²) < 4.78 is 1.90. The highest BCUT2D eigenvalue weighted by Crippen LogP contribution is 2.37. The molecule has 0 spiro atoms. The molecule has 19 heavy (non-hydrogen) atoms. The van der Waals surface area contributed by atoms with Crippen LogP contribution in [0.15, 0.2) is 36.7 Å². The third-order valence-corrected chi connectivity index (χ3v) is 3.31. The van der Waals surface area contributed by atoms with E-state index in [0.29, 0.717) is 10.8 Å². The lowest BCUT2D eigenvalue weighted by Gasteiger charge is -2.06. The summed E-state index contributed by atoms with van der Waals surface area (Å²) >= 11 is 6.24. The first-order valence-corrected chi connectivity index (χ1v) is 6.12. The number of imidazole rings is 1. The van der Waals surface area contributed by atoms with Crippen LogP contribution in [0.4, 0.5) is 5.82 Å². The minimum Gasteiger partial charge on any atom is -0.382 e. The van der Waals surface area contributed by atoms with Crippen LogP contribution in [-0.4, -0.2) is 19.7 Å². The zero-order valence-electron chi connectivity index (χ0n) is 10.3. The van der Waals surface area contributed by atoms with Crippen LogP contribution in [0.5, 0.6) is 0 Å². The van der Waals surface area contributed by atoms with Crippen molar-refractivity contribution in [3.63, 3.8) is 0 Å². The predicted octanol–water partition coefficient (Wildman–Crippen LogP) is 2.71. The Kier molecular flexibility index (Phi) is 2.76. The molecule has 0 atom stereocenters. The lowest BCUT2D eigenvalue weighted by molar-refractivity contribution is 0.914. The summed E-state index contributed by atoms with van der Waals surface area (Å²) in [5, 5.41) is 7.63. The topological polar surface area (TPSA) is 72.5 Å². The number of anilines is 1. The lowest BCUT2D eigenvalue weighted by Crippen LogP contribution is -1.94. The number of H-pyrrole nitrogens is 1. The van der Waals surface area contributed by atoms with Crippen LogP contribution in [0, 0.1) is 0 Å². The van der Waals surface area contributed by atoms with Crippen LogP contribution in [-0.2, 0) is 7.05 Å². The largest absolute Gasteiger partial charge is 0.382 e. The fraction of sp³-hybridized carbons (Fsp3) is 0.0769. The van der Waals surface area contributed by atoms with E-state index in [1.165, 1.54) is 0 Å².